The third-order valence-corrected chi connectivity index (χ3v) is 2.04. The summed E-state index contributed by atoms with van der Waals surface area (Å²) >= 11 is 0. The third kappa shape index (κ3) is 4.63. The second kappa shape index (κ2) is 4.47. The Hall–Kier alpha value is -1.31. The van der Waals surface area contributed by atoms with Crippen LogP contribution in [0.1, 0.15) is 32.8 Å². The van der Waals surface area contributed by atoms with Gasteiger partial charge in [0.25, 0.3) is 0 Å². The van der Waals surface area contributed by atoms with Crippen molar-refractivity contribution in [2.45, 2.75) is 33.6 Å². The van der Waals surface area contributed by atoms with Gasteiger partial charge in [-0.25, -0.2) is 0 Å². The largest absolute Gasteiger partial charge is 0.508 e. The van der Waals surface area contributed by atoms with E-state index in [9.17, 15) is 9.90 Å². The van der Waals surface area contributed by atoms with Crippen molar-refractivity contribution in [1.82, 2.24) is 0 Å². The average molecular weight is 206 g/mol. The van der Waals surface area contributed by atoms with Crippen molar-refractivity contribution in [3.8, 4) is 5.75 Å². The van der Waals surface area contributed by atoms with Gasteiger partial charge in [0.2, 0.25) is 0 Å². The molecule has 0 unspecified atom stereocenters. The Balaban J connectivity index is 2.59. The Morgan fingerprint density at radius 3 is 2.53 bits per heavy atom. The van der Waals surface area contributed by atoms with E-state index in [-0.39, 0.29) is 16.9 Å². The van der Waals surface area contributed by atoms with E-state index in [1.165, 1.54) is 0 Å². The predicted molar refractivity (Wildman–Crippen MR) is 60.9 cm³/mol. The Morgan fingerprint density at radius 2 is 2.00 bits per heavy atom. The van der Waals surface area contributed by atoms with E-state index < -0.39 is 0 Å². The summed E-state index contributed by atoms with van der Waals surface area (Å²) in [5, 5.41) is 9.25. The van der Waals surface area contributed by atoms with Crippen LogP contribution in [0.4, 0.5) is 0 Å². The number of aromatic hydroxyl groups is 1. The van der Waals surface area contributed by atoms with Crippen LogP contribution in [0.25, 0.3) is 0 Å². The van der Waals surface area contributed by atoms with Crippen LogP contribution in [-0.2, 0) is 11.2 Å². The molecule has 0 saturated heterocycles. The SMILES string of the molecule is CC(C)(C)CC(=O)Cc1cccc(O)c1. The quantitative estimate of drug-likeness (QED) is 0.825. The normalized spacial score (nSPS) is 11.4. The second-order valence-corrected chi connectivity index (χ2v) is 5.12. The van der Waals surface area contributed by atoms with Crippen molar-refractivity contribution in [3.05, 3.63) is 29.8 Å². The summed E-state index contributed by atoms with van der Waals surface area (Å²) in [6, 6.07) is 6.87. The fourth-order valence-corrected chi connectivity index (χ4v) is 1.55. The molecule has 0 amide bonds. The van der Waals surface area contributed by atoms with Crippen LogP contribution in [0.5, 0.6) is 5.75 Å². The topological polar surface area (TPSA) is 37.3 Å². The Morgan fingerprint density at radius 1 is 1.33 bits per heavy atom. The fraction of sp³-hybridized carbons (Fsp3) is 0.462. The van der Waals surface area contributed by atoms with Gasteiger partial charge in [0, 0.05) is 12.8 Å². The first kappa shape index (κ1) is 11.8. The number of Topliss-reactive ketones (excluding diaryl/α,β-unsaturated/α-hetero) is 1. The standard InChI is InChI=1S/C13H18O2/c1-13(2,3)9-12(15)8-10-5-4-6-11(14)7-10/h4-7,14H,8-9H2,1-3H3. The molecule has 82 valence electrons. The van der Waals surface area contributed by atoms with Crippen molar-refractivity contribution in [1.29, 1.82) is 0 Å². The summed E-state index contributed by atoms with van der Waals surface area (Å²) in [5.41, 5.74) is 0.915. The molecule has 0 radical (unpaired) electrons. The minimum Gasteiger partial charge on any atom is -0.508 e. The number of carbonyl (C=O) groups is 1. The highest BCUT2D eigenvalue weighted by molar-refractivity contribution is 5.81. The van der Waals surface area contributed by atoms with Crippen molar-refractivity contribution in [2.75, 3.05) is 0 Å². The lowest BCUT2D eigenvalue weighted by molar-refractivity contribution is -0.120. The van der Waals surface area contributed by atoms with Gasteiger partial charge in [-0.2, -0.15) is 0 Å². The molecular weight excluding hydrogens is 188 g/mol. The van der Waals surface area contributed by atoms with Crippen LogP contribution < -0.4 is 0 Å². The van der Waals surface area contributed by atoms with E-state index in [2.05, 4.69) is 0 Å². The molecule has 0 aliphatic carbocycles. The number of phenols is 1. The van der Waals surface area contributed by atoms with Gasteiger partial charge >= 0.3 is 0 Å². The van der Waals surface area contributed by atoms with Gasteiger partial charge in [-0.05, 0) is 23.1 Å². The zero-order valence-corrected chi connectivity index (χ0v) is 9.58. The molecule has 0 saturated carbocycles. The minimum atomic E-state index is 0.0356. The van der Waals surface area contributed by atoms with Crippen LogP contribution in [-0.4, -0.2) is 10.9 Å². The first-order chi connectivity index (χ1) is 6.87. The summed E-state index contributed by atoms with van der Waals surface area (Å²) in [6.45, 7) is 6.15. The van der Waals surface area contributed by atoms with Crippen LogP contribution >= 0.6 is 0 Å². The number of hydrogen-bond acceptors (Lipinski definition) is 2. The fourth-order valence-electron chi connectivity index (χ4n) is 1.55. The molecule has 1 aromatic carbocycles. The molecule has 0 aliphatic rings. The van der Waals surface area contributed by atoms with Crippen molar-refractivity contribution in [2.24, 2.45) is 5.41 Å². The molecule has 0 atom stereocenters. The number of phenolic OH excluding ortho intramolecular Hbond substituents is 1. The number of hydrogen-bond donors (Lipinski definition) is 1. The lowest BCUT2D eigenvalue weighted by Crippen LogP contribution is -2.14. The first-order valence-corrected chi connectivity index (χ1v) is 5.16. The Bertz CT molecular complexity index is 348. The van der Waals surface area contributed by atoms with Gasteiger partial charge in [0.15, 0.2) is 0 Å². The van der Waals surface area contributed by atoms with E-state index in [1.807, 2.05) is 26.8 Å². The molecule has 0 bridgehead atoms. The molecule has 15 heavy (non-hydrogen) atoms. The second-order valence-electron chi connectivity index (χ2n) is 5.12. The summed E-state index contributed by atoms with van der Waals surface area (Å²) in [5.74, 6) is 0.434. The number of benzene rings is 1. The molecule has 0 fully saturated rings. The highest BCUT2D eigenvalue weighted by Gasteiger charge is 2.16. The smallest absolute Gasteiger partial charge is 0.137 e. The molecule has 1 N–H and O–H groups in total. The first-order valence-electron chi connectivity index (χ1n) is 5.16. The maximum absolute atomic E-state index is 11.7. The molecule has 0 spiro atoms. The average Bonchev–Trinajstić information content (AvgIpc) is 1.99. The van der Waals surface area contributed by atoms with E-state index in [1.54, 1.807) is 18.2 Å². The highest BCUT2D eigenvalue weighted by atomic mass is 16.3. The summed E-state index contributed by atoms with van der Waals surface area (Å²) in [6.07, 6.45) is 0.980. The zero-order valence-electron chi connectivity index (χ0n) is 9.58. The van der Waals surface area contributed by atoms with Gasteiger partial charge in [0.05, 0.1) is 0 Å². The zero-order chi connectivity index (χ0) is 11.5. The number of carbonyl (C=O) groups excluding carboxylic acids is 1. The Labute approximate surface area is 90.9 Å². The Kier molecular flexibility index (Phi) is 3.51. The highest BCUT2D eigenvalue weighted by Crippen LogP contribution is 2.20. The van der Waals surface area contributed by atoms with Gasteiger partial charge in [-0.1, -0.05) is 32.9 Å². The molecule has 2 nitrogen and oxygen atoms in total. The van der Waals surface area contributed by atoms with Crippen LogP contribution in [0, 0.1) is 5.41 Å². The van der Waals surface area contributed by atoms with Gasteiger partial charge in [-0.3, -0.25) is 4.79 Å². The van der Waals surface area contributed by atoms with Crippen LogP contribution in [0.15, 0.2) is 24.3 Å². The minimum absolute atomic E-state index is 0.0356. The predicted octanol–water partition coefficient (Wildman–Crippen LogP) is 2.94. The number of ketones is 1. The van der Waals surface area contributed by atoms with Gasteiger partial charge < -0.3 is 5.11 Å². The molecule has 0 aromatic heterocycles. The van der Waals surface area contributed by atoms with E-state index in [0.717, 1.165) is 5.56 Å². The summed E-state index contributed by atoms with van der Waals surface area (Å²) < 4.78 is 0. The lowest BCUT2D eigenvalue weighted by atomic mass is 9.88. The number of rotatable bonds is 3. The van der Waals surface area contributed by atoms with Crippen LogP contribution in [0.2, 0.25) is 0 Å². The maximum atomic E-state index is 11.7. The molecular formula is C13H18O2. The van der Waals surface area contributed by atoms with E-state index >= 15 is 0 Å². The van der Waals surface area contributed by atoms with Crippen molar-refractivity contribution < 1.29 is 9.90 Å². The van der Waals surface area contributed by atoms with E-state index in [0.29, 0.717) is 12.8 Å². The van der Waals surface area contributed by atoms with Crippen molar-refractivity contribution in [3.63, 3.8) is 0 Å². The van der Waals surface area contributed by atoms with E-state index in [4.69, 9.17) is 0 Å². The summed E-state index contributed by atoms with van der Waals surface area (Å²) in [4.78, 5) is 11.7. The molecule has 2 heteroatoms. The molecule has 0 aliphatic heterocycles. The lowest BCUT2D eigenvalue weighted by Gasteiger charge is -2.16. The maximum Gasteiger partial charge on any atom is 0.137 e. The third-order valence-electron chi connectivity index (χ3n) is 2.04. The van der Waals surface area contributed by atoms with Gasteiger partial charge in [-0.15, -0.1) is 0 Å². The molecule has 0 heterocycles. The molecule has 1 rings (SSSR count). The molecule has 1 aromatic rings. The summed E-state index contributed by atoms with van der Waals surface area (Å²) in [7, 11) is 0. The van der Waals surface area contributed by atoms with Crippen LogP contribution in [0.3, 0.4) is 0 Å². The monoisotopic (exact) mass is 206 g/mol. The van der Waals surface area contributed by atoms with Crippen molar-refractivity contribution >= 4 is 5.78 Å². The van der Waals surface area contributed by atoms with Gasteiger partial charge in [0.1, 0.15) is 11.5 Å².